The summed E-state index contributed by atoms with van der Waals surface area (Å²) in [6.07, 6.45) is 8.88. The first-order valence-corrected chi connectivity index (χ1v) is 5.13. The average molecular weight is 192 g/mol. The molecule has 0 aliphatic carbocycles. The third kappa shape index (κ3) is 1.85. The molecule has 0 aromatic carbocycles. The quantitative estimate of drug-likeness (QED) is 0.769. The van der Waals surface area contributed by atoms with Crippen LogP contribution in [0.3, 0.4) is 0 Å². The molecule has 1 aliphatic heterocycles. The highest BCUT2D eigenvalue weighted by Crippen LogP contribution is 2.25. The Morgan fingerprint density at radius 3 is 2.93 bits per heavy atom. The van der Waals surface area contributed by atoms with E-state index in [0.717, 1.165) is 25.2 Å². The zero-order chi connectivity index (χ0) is 9.80. The highest BCUT2D eigenvalue weighted by atomic mass is 15.2. The van der Waals surface area contributed by atoms with Gasteiger partial charge < -0.3 is 10.6 Å². The summed E-state index contributed by atoms with van der Waals surface area (Å²) in [6, 6.07) is 0.589. The number of nitrogens with zero attached hydrogens (tertiary/aromatic N) is 3. The number of rotatable bonds is 3. The Balaban J connectivity index is 2.10. The van der Waals surface area contributed by atoms with Gasteiger partial charge in [-0.25, -0.2) is 9.97 Å². The molecule has 0 spiro atoms. The standard InChI is InChI=1S/C10H16N4/c11-4-3-9-2-1-5-14(9)10-6-12-8-13-7-10/h6-9H,1-5,11H2. The van der Waals surface area contributed by atoms with Crippen molar-refractivity contribution in [2.24, 2.45) is 5.73 Å². The van der Waals surface area contributed by atoms with Crippen molar-refractivity contribution < 1.29 is 0 Å². The van der Waals surface area contributed by atoms with E-state index in [0.29, 0.717) is 6.04 Å². The Kier molecular flexibility index (Phi) is 2.93. The summed E-state index contributed by atoms with van der Waals surface area (Å²) in [7, 11) is 0. The van der Waals surface area contributed by atoms with Gasteiger partial charge in [0.15, 0.2) is 0 Å². The monoisotopic (exact) mass is 192 g/mol. The van der Waals surface area contributed by atoms with Gasteiger partial charge in [-0.15, -0.1) is 0 Å². The van der Waals surface area contributed by atoms with Gasteiger partial charge in [0, 0.05) is 12.6 Å². The van der Waals surface area contributed by atoms with Crippen LogP contribution < -0.4 is 10.6 Å². The summed E-state index contributed by atoms with van der Waals surface area (Å²) in [5.41, 5.74) is 6.72. The van der Waals surface area contributed by atoms with Crippen molar-refractivity contribution in [2.75, 3.05) is 18.0 Å². The molecule has 2 heterocycles. The second-order valence-electron chi connectivity index (χ2n) is 3.66. The number of hydrogen-bond acceptors (Lipinski definition) is 4. The van der Waals surface area contributed by atoms with Crippen molar-refractivity contribution in [1.82, 2.24) is 9.97 Å². The van der Waals surface area contributed by atoms with E-state index in [4.69, 9.17) is 5.73 Å². The maximum absolute atomic E-state index is 5.59. The molecule has 4 nitrogen and oxygen atoms in total. The second kappa shape index (κ2) is 4.37. The molecule has 1 aromatic heterocycles. The van der Waals surface area contributed by atoms with Crippen LogP contribution in [0.1, 0.15) is 19.3 Å². The minimum atomic E-state index is 0.589. The van der Waals surface area contributed by atoms with Crippen molar-refractivity contribution in [3.05, 3.63) is 18.7 Å². The van der Waals surface area contributed by atoms with Crippen molar-refractivity contribution in [3.8, 4) is 0 Å². The van der Waals surface area contributed by atoms with E-state index in [2.05, 4.69) is 14.9 Å². The Morgan fingerprint density at radius 1 is 1.43 bits per heavy atom. The van der Waals surface area contributed by atoms with Crippen LogP contribution in [-0.4, -0.2) is 29.1 Å². The van der Waals surface area contributed by atoms with Crippen LogP contribution in [0.5, 0.6) is 0 Å². The smallest absolute Gasteiger partial charge is 0.115 e. The van der Waals surface area contributed by atoms with Gasteiger partial charge in [0.1, 0.15) is 6.33 Å². The summed E-state index contributed by atoms with van der Waals surface area (Å²) in [6.45, 7) is 1.87. The number of hydrogen-bond donors (Lipinski definition) is 1. The summed E-state index contributed by atoms with van der Waals surface area (Å²) < 4.78 is 0. The van der Waals surface area contributed by atoms with Gasteiger partial charge in [0.25, 0.3) is 0 Å². The lowest BCUT2D eigenvalue weighted by Crippen LogP contribution is -2.31. The maximum Gasteiger partial charge on any atom is 0.115 e. The molecular formula is C10H16N4. The fourth-order valence-electron chi connectivity index (χ4n) is 2.11. The van der Waals surface area contributed by atoms with E-state index in [9.17, 15) is 0 Å². The van der Waals surface area contributed by atoms with Crippen LogP contribution in [-0.2, 0) is 0 Å². The predicted molar refractivity (Wildman–Crippen MR) is 56.1 cm³/mol. The number of nitrogens with two attached hydrogens (primary N) is 1. The second-order valence-corrected chi connectivity index (χ2v) is 3.66. The highest BCUT2D eigenvalue weighted by Gasteiger charge is 2.23. The van der Waals surface area contributed by atoms with Gasteiger partial charge >= 0.3 is 0 Å². The minimum absolute atomic E-state index is 0.589. The fourth-order valence-corrected chi connectivity index (χ4v) is 2.11. The number of aromatic nitrogens is 2. The molecule has 1 aliphatic rings. The van der Waals surface area contributed by atoms with Gasteiger partial charge in [0.05, 0.1) is 18.1 Å². The summed E-state index contributed by atoms with van der Waals surface area (Å²) in [4.78, 5) is 10.4. The van der Waals surface area contributed by atoms with Gasteiger partial charge in [-0.3, -0.25) is 0 Å². The SMILES string of the molecule is NCCC1CCCN1c1cncnc1. The molecule has 1 unspecified atom stereocenters. The van der Waals surface area contributed by atoms with Crippen molar-refractivity contribution in [2.45, 2.75) is 25.3 Å². The molecule has 0 radical (unpaired) electrons. The van der Waals surface area contributed by atoms with E-state index in [1.54, 1.807) is 6.33 Å². The minimum Gasteiger partial charge on any atom is -0.366 e. The molecule has 1 aromatic rings. The first-order valence-electron chi connectivity index (χ1n) is 5.13. The Morgan fingerprint density at radius 2 is 2.21 bits per heavy atom. The van der Waals surface area contributed by atoms with Gasteiger partial charge in [-0.1, -0.05) is 0 Å². The van der Waals surface area contributed by atoms with Gasteiger partial charge in [0.2, 0.25) is 0 Å². The first kappa shape index (κ1) is 9.40. The fraction of sp³-hybridized carbons (Fsp3) is 0.600. The molecule has 0 saturated carbocycles. The summed E-state index contributed by atoms with van der Waals surface area (Å²) >= 11 is 0. The van der Waals surface area contributed by atoms with E-state index >= 15 is 0 Å². The molecule has 1 saturated heterocycles. The van der Waals surface area contributed by atoms with Crippen LogP contribution in [0.15, 0.2) is 18.7 Å². The Bertz CT molecular complexity index is 275. The molecular weight excluding hydrogens is 176 g/mol. The lowest BCUT2D eigenvalue weighted by Gasteiger charge is -2.25. The zero-order valence-corrected chi connectivity index (χ0v) is 8.26. The maximum atomic E-state index is 5.59. The van der Waals surface area contributed by atoms with Crippen LogP contribution in [0.4, 0.5) is 5.69 Å². The molecule has 0 amide bonds. The summed E-state index contributed by atoms with van der Waals surface area (Å²) in [5, 5.41) is 0. The molecule has 76 valence electrons. The molecule has 0 bridgehead atoms. The first-order chi connectivity index (χ1) is 6.92. The Labute approximate surface area is 84.2 Å². The Hall–Kier alpha value is -1.16. The van der Waals surface area contributed by atoms with Gasteiger partial charge in [-0.2, -0.15) is 0 Å². The molecule has 1 atom stereocenters. The van der Waals surface area contributed by atoms with Crippen molar-refractivity contribution in [3.63, 3.8) is 0 Å². The molecule has 4 heteroatoms. The lowest BCUT2D eigenvalue weighted by atomic mass is 10.1. The van der Waals surface area contributed by atoms with E-state index in [1.807, 2.05) is 12.4 Å². The van der Waals surface area contributed by atoms with Crippen LogP contribution in [0, 0.1) is 0 Å². The molecule has 2 rings (SSSR count). The van der Waals surface area contributed by atoms with Crippen molar-refractivity contribution in [1.29, 1.82) is 0 Å². The molecule has 14 heavy (non-hydrogen) atoms. The highest BCUT2D eigenvalue weighted by molar-refractivity contribution is 5.43. The predicted octanol–water partition coefficient (Wildman–Crippen LogP) is 0.794. The van der Waals surface area contributed by atoms with Gasteiger partial charge in [-0.05, 0) is 25.8 Å². The van der Waals surface area contributed by atoms with E-state index in [1.165, 1.54) is 12.8 Å². The van der Waals surface area contributed by atoms with E-state index < -0.39 is 0 Å². The van der Waals surface area contributed by atoms with Crippen LogP contribution >= 0.6 is 0 Å². The topological polar surface area (TPSA) is 55.0 Å². The molecule has 1 fully saturated rings. The van der Waals surface area contributed by atoms with Crippen LogP contribution in [0.25, 0.3) is 0 Å². The summed E-state index contributed by atoms with van der Waals surface area (Å²) in [5.74, 6) is 0. The normalized spacial score (nSPS) is 21.5. The van der Waals surface area contributed by atoms with E-state index in [-0.39, 0.29) is 0 Å². The average Bonchev–Trinajstić information content (AvgIpc) is 2.68. The number of anilines is 1. The van der Waals surface area contributed by atoms with Crippen LogP contribution in [0.2, 0.25) is 0 Å². The lowest BCUT2D eigenvalue weighted by molar-refractivity contribution is 0.617. The third-order valence-electron chi connectivity index (χ3n) is 2.76. The largest absolute Gasteiger partial charge is 0.366 e. The van der Waals surface area contributed by atoms with Crippen molar-refractivity contribution >= 4 is 5.69 Å². The zero-order valence-electron chi connectivity index (χ0n) is 8.26. The molecule has 2 N–H and O–H groups in total. The third-order valence-corrected chi connectivity index (χ3v) is 2.76.